The maximum absolute atomic E-state index is 12.2. The van der Waals surface area contributed by atoms with Crippen molar-refractivity contribution in [2.75, 3.05) is 40.0 Å². The van der Waals surface area contributed by atoms with Crippen LogP contribution in [0.4, 0.5) is 0 Å². The Bertz CT molecular complexity index is 891. The van der Waals surface area contributed by atoms with E-state index in [2.05, 4.69) is 16.3 Å². The summed E-state index contributed by atoms with van der Waals surface area (Å²) in [4.78, 5) is 14.5. The van der Waals surface area contributed by atoms with Gasteiger partial charge < -0.3 is 24.4 Å². The molecule has 1 N–H and O–H groups in total. The largest absolute Gasteiger partial charge is 0.491 e. The van der Waals surface area contributed by atoms with Gasteiger partial charge in [-0.15, -0.1) is 0 Å². The smallest absolute Gasteiger partial charge is 0.258 e. The molecule has 3 rings (SSSR count). The average Bonchev–Trinajstić information content (AvgIpc) is 2.83. The van der Waals surface area contributed by atoms with Gasteiger partial charge in [-0.3, -0.25) is 4.79 Å². The van der Waals surface area contributed by atoms with Gasteiger partial charge >= 0.3 is 0 Å². The highest BCUT2D eigenvalue weighted by atomic mass is 35.5. The van der Waals surface area contributed by atoms with E-state index in [9.17, 15) is 4.79 Å². The number of carbonyl (C=O) groups is 1. The van der Waals surface area contributed by atoms with Gasteiger partial charge in [0.25, 0.3) is 5.91 Å². The number of halogens is 1. The lowest BCUT2D eigenvalue weighted by Gasteiger charge is -2.34. The molecule has 2 aromatic rings. The van der Waals surface area contributed by atoms with Gasteiger partial charge in [-0.25, -0.2) is 0 Å². The van der Waals surface area contributed by atoms with Gasteiger partial charge in [-0.05, 0) is 61.4 Å². The number of hydrogen-bond donors (Lipinski definition) is 1. The monoisotopic (exact) mass is 457 g/mol. The number of hydrogen-bond acceptors (Lipinski definition) is 6. The van der Waals surface area contributed by atoms with Crippen LogP contribution in [0, 0.1) is 11.3 Å². The van der Waals surface area contributed by atoms with Gasteiger partial charge in [0, 0.05) is 37.8 Å². The molecule has 0 saturated carbocycles. The number of benzene rings is 2. The van der Waals surface area contributed by atoms with Gasteiger partial charge in [0.2, 0.25) is 0 Å². The van der Waals surface area contributed by atoms with E-state index >= 15 is 0 Å². The molecule has 1 aliphatic heterocycles. The third-order valence-electron chi connectivity index (χ3n) is 5.35. The van der Waals surface area contributed by atoms with E-state index < -0.39 is 0 Å². The lowest BCUT2D eigenvalue weighted by Crippen LogP contribution is -2.48. The Kier molecular flexibility index (Phi) is 9.17. The Morgan fingerprint density at radius 1 is 1.12 bits per heavy atom. The lowest BCUT2D eigenvalue weighted by molar-refractivity contribution is -0.124. The summed E-state index contributed by atoms with van der Waals surface area (Å²) in [6.07, 6.45) is 1.68. The van der Waals surface area contributed by atoms with Gasteiger partial charge in [0.05, 0.1) is 11.6 Å². The van der Waals surface area contributed by atoms with Crippen molar-refractivity contribution in [3.05, 3.63) is 59.1 Å². The third kappa shape index (κ3) is 7.72. The molecule has 0 radical (unpaired) electrons. The predicted octanol–water partition coefficient (Wildman–Crippen LogP) is 3.27. The van der Waals surface area contributed by atoms with E-state index in [0.29, 0.717) is 28.7 Å². The van der Waals surface area contributed by atoms with Crippen LogP contribution in [0.15, 0.2) is 48.5 Å². The van der Waals surface area contributed by atoms with E-state index in [1.165, 1.54) is 0 Å². The molecule has 7 nitrogen and oxygen atoms in total. The number of piperidine rings is 1. The van der Waals surface area contributed by atoms with Crippen LogP contribution in [-0.2, 0) is 9.53 Å². The van der Waals surface area contributed by atoms with Crippen LogP contribution in [0.25, 0.3) is 0 Å². The molecule has 1 aliphatic rings. The second-order valence-corrected chi connectivity index (χ2v) is 8.13. The van der Waals surface area contributed by atoms with E-state index in [1.807, 2.05) is 0 Å². The number of nitrogens with one attached hydrogen (secondary N) is 1. The number of nitriles is 1. The molecule has 8 heteroatoms. The van der Waals surface area contributed by atoms with Crippen molar-refractivity contribution in [1.82, 2.24) is 10.2 Å². The molecule has 0 aromatic heterocycles. The van der Waals surface area contributed by atoms with Crippen LogP contribution in [0.5, 0.6) is 11.5 Å². The van der Waals surface area contributed by atoms with Crippen LogP contribution < -0.4 is 14.8 Å². The molecule has 1 unspecified atom stereocenters. The zero-order valence-electron chi connectivity index (χ0n) is 18.1. The van der Waals surface area contributed by atoms with E-state index in [1.54, 1.807) is 55.6 Å². The maximum atomic E-state index is 12.2. The highest BCUT2D eigenvalue weighted by Crippen LogP contribution is 2.16. The normalized spacial score (nSPS) is 15.5. The minimum absolute atomic E-state index is 0.0136. The zero-order chi connectivity index (χ0) is 22.8. The molecule has 1 atom stereocenters. The molecule has 32 heavy (non-hydrogen) atoms. The van der Waals surface area contributed by atoms with Crippen LogP contribution in [-0.4, -0.2) is 62.9 Å². The van der Waals surface area contributed by atoms with Gasteiger partial charge in [0.1, 0.15) is 24.2 Å². The molecule has 170 valence electrons. The second kappa shape index (κ2) is 12.3. The van der Waals surface area contributed by atoms with Crippen molar-refractivity contribution in [2.45, 2.75) is 25.0 Å². The van der Waals surface area contributed by atoms with Crippen molar-refractivity contribution in [3.8, 4) is 17.6 Å². The molecule has 2 aromatic carbocycles. The van der Waals surface area contributed by atoms with Crippen LogP contribution in [0.3, 0.4) is 0 Å². The molecule has 1 amide bonds. The fourth-order valence-electron chi connectivity index (χ4n) is 3.51. The molecule has 0 bridgehead atoms. The number of likely N-dealkylation sites (tertiary alicyclic amines) is 1. The highest BCUT2D eigenvalue weighted by molar-refractivity contribution is 6.30. The minimum Gasteiger partial charge on any atom is -0.491 e. The molecular weight excluding hydrogens is 430 g/mol. The summed E-state index contributed by atoms with van der Waals surface area (Å²) in [7, 11) is 1.68. The van der Waals surface area contributed by atoms with Crippen LogP contribution in [0.1, 0.15) is 18.4 Å². The Balaban J connectivity index is 1.34. The quantitative estimate of drug-likeness (QED) is 0.589. The number of rotatable bonds is 10. The van der Waals surface area contributed by atoms with Crippen molar-refractivity contribution >= 4 is 17.5 Å². The first kappa shape index (κ1) is 23.9. The Morgan fingerprint density at radius 2 is 1.75 bits per heavy atom. The number of carbonyl (C=O) groups excluding carboxylic acids is 1. The first-order valence-electron chi connectivity index (χ1n) is 10.6. The van der Waals surface area contributed by atoms with E-state index in [0.717, 1.165) is 32.5 Å². The summed E-state index contributed by atoms with van der Waals surface area (Å²) in [5.41, 5.74) is 0.604. The van der Waals surface area contributed by atoms with Gasteiger partial charge in [0.15, 0.2) is 6.61 Å². The molecule has 0 spiro atoms. The molecule has 1 heterocycles. The average molecular weight is 458 g/mol. The number of nitrogens with zero attached hydrogens (tertiary/aromatic N) is 2. The summed E-state index contributed by atoms with van der Waals surface area (Å²) in [5, 5.41) is 12.5. The van der Waals surface area contributed by atoms with Gasteiger partial charge in [-0.1, -0.05) is 11.6 Å². The SMILES string of the molecule is COC(COc1ccc(C#N)cc1)CN1CCC(NC(=O)COc2ccc(Cl)cc2)CC1. The number of ether oxygens (including phenoxy) is 3. The standard InChI is InChI=1S/C24H28ClN3O4/c1-30-23(16-31-21-6-2-18(14-26)3-7-21)15-28-12-10-20(11-13-28)27-24(29)17-32-22-8-4-19(25)5-9-22/h2-9,20,23H,10-13,15-17H2,1H3,(H,27,29). The lowest BCUT2D eigenvalue weighted by atomic mass is 10.0. The highest BCUT2D eigenvalue weighted by Gasteiger charge is 2.23. The Morgan fingerprint density at radius 3 is 2.38 bits per heavy atom. The predicted molar refractivity (Wildman–Crippen MR) is 122 cm³/mol. The molecule has 0 aliphatic carbocycles. The number of amides is 1. The van der Waals surface area contributed by atoms with Gasteiger partial charge in [-0.2, -0.15) is 5.26 Å². The number of methoxy groups -OCH3 is 1. The molecular formula is C24H28ClN3O4. The topological polar surface area (TPSA) is 83.8 Å². The van der Waals surface area contributed by atoms with Crippen molar-refractivity contribution in [3.63, 3.8) is 0 Å². The summed E-state index contributed by atoms with van der Waals surface area (Å²) < 4.78 is 16.9. The molecule has 1 fully saturated rings. The Hall–Kier alpha value is -2.79. The van der Waals surface area contributed by atoms with Crippen LogP contribution >= 0.6 is 11.6 Å². The Labute approximate surface area is 193 Å². The fourth-order valence-corrected chi connectivity index (χ4v) is 3.63. The third-order valence-corrected chi connectivity index (χ3v) is 5.60. The summed E-state index contributed by atoms with van der Waals surface area (Å²) in [6.45, 7) is 2.92. The van der Waals surface area contributed by atoms with Crippen LogP contribution in [0.2, 0.25) is 5.02 Å². The summed E-state index contributed by atoms with van der Waals surface area (Å²) in [6, 6.07) is 16.2. The summed E-state index contributed by atoms with van der Waals surface area (Å²) >= 11 is 5.85. The zero-order valence-corrected chi connectivity index (χ0v) is 18.9. The van der Waals surface area contributed by atoms with E-state index in [-0.39, 0.29) is 24.7 Å². The van der Waals surface area contributed by atoms with Crippen molar-refractivity contribution < 1.29 is 19.0 Å². The first-order chi connectivity index (χ1) is 15.6. The van der Waals surface area contributed by atoms with Crippen molar-refractivity contribution in [1.29, 1.82) is 5.26 Å². The van der Waals surface area contributed by atoms with E-state index in [4.69, 9.17) is 31.1 Å². The summed E-state index contributed by atoms with van der Waals surface area (Å²) in [5.74, 6) is 1.21. The first-order valence-corrected chi connectivity index (χ1v) is 11.0. The maximum Gasteiger partial charge on any atom is 0.258 e. The second-order valence-electron chi connectivity index (χ2n) is 7.69. The van der Waals surface area contributed by atoms with Crippen molar-refractivity contribution in [2.24, 2.45) is 0 Å². The molecule has 1 saturated heterocycles. The minimum atomic E-state index is -0.121. The fraction of sp³-hybridized carbons (Fsp3) is 0.417.